The SMILES string of the molecule is Cc1nc(-c2ncc(N3CCC[C@H](C)C3)cn2)no1. The molecule has 1 saturated heterocycles. The minimum atomic E-state index is 0.441. The summed E-state index contributed by atoms with van der Waals surface area (Å²) in [5.74, 6) is 2.20. The summed E-state index contributed by atoms with van der Waals surface area (Å²) in [6.07, 6.45) is 6.21. The Hall–Kier alpha value is -1.98. The summed E-state index contributed by atoms with van der Waals surface area (Å²) in [7, 11) is 0. The zero-order valence-corrected chi connectivity index (χ0v) is 11.2. The van der Waals surface area contributed by atoms with Crippen molar-refractivity contribution in [1.82, 2.24) is 20.1 Å². The number of anilines is 1. The maximum absolute atomic E-state index is 4.93. The highest BCUT2D eigenvalue weighted by molar-refractivity contribution is 5.48. The Morgan fingerprint density at radius 1 is 1.26 bits per heavy atom. The molecule has 100 valence electrons. The first-order valence-electron chi connectivity index (χ1n) is 6.60. The van der Waals surface area contributed by atoms with Crippen LogP contribution in [0.1, 0.15) is 25.7 Å². The fraction of sp³-hybridized carbons (Fsp3) is 0.538. The van der Waals surface area contributed by atoms with Crippen molar-refractivity contribution < 1.29 is 4.52 Å². The molecule has 0 unspecified atom stereocenters. The van der Waals surface area contributed by atoms with Gasteiger partial charge < -0.3 is 9.42 Å². The third-order valence-electron chi connectivity index (χ3n) is 3.39. The van der Waals surface area contributed by atoms with Crippen LogP contribution >= 0.6 is 0 Å². The lowest BCUT2D eigenvalue weighted by Gasteiger charge is -2.32. The van der Waals surface area contributed by atoms with Gasteiger partial charge in [0.1, 0.15) is 0 Å². The first kappa shape index (κ1) is 12.1. The Bertz CT molecular complexity index is 550. The molecule has 0 N–H and O–H groups in total. The van der Waals surface area contributed by atoms with Gasteiger partial charge in [0.25, 0.3) is 0 Å². The second kappa shape index (κ2) is 4.95. The normalized spacial score (nSPS) is 19.7. The number of piperidine rings is 1. The van der Waals surface area contributed by atoms with E-state index in [1.165, 1.54) is 12.8 Å². The summed E-state index contributed by atoms with van der Waals surface area (Å²) < 4.78 is 4.93. The Morgan fingerprint density at radius 3 is 2.68 bits per heavy atom. The van der Waals surface area contributed by atoms with Crippen LogP contribution in [0, 0.1) is 12.8 Å². The molecular formula is C13H17N5O. The molecule has 2 aromatic heterocycles. The second-order valence-corrected chi connectivity index (χ2v) is 5.10. The molecule has 1 aliphatic heterocycles. The van der Waals surface area contributed by atoms with Crippen molar-refractivity contribution in [2.45, 2.75) is 26.7 Å². The maximum atomic E-state index is 4.93. The van der Waals surface area contributed by atoms with E-state index >= 15 is 0 Å². The molecular weight excluding hydrogens is 242 g/mol. The van der Waals surface area contributed by atoms with E-state index in [0.29, 0.717) is 17.5 Å². The van der Waals surface area contributed by atoms with E-state index in [0.717, 1.165) is 24.7 Å². The molecule has 3 rings (SSSR count). The molecule has 0 saturated carbocycles. The van der Waals surface area contributed by atoms with Crippen LogP contribution in [0.15, 0.2) is 16.9 Å². The zero-order valence-electron chi connectivity index (χ0n) is 11.2. The Morgan fingerprint density at radius 2 is 2.05 bits per heavy atom. The highest BCUT2D eigenvalue weighted by Gasteiger charge is 2.17. The van der Waals surface area contributed by atoms with Crippen molar-refractivity contribution in [3.05, 3.63) is 18.3 Å². The molecule has 6 heteroatoms. The van der Waals surface area contributed by atoms with Gasteiger partial charge in [-0.3, -0.25) is 0 Å². The number of hydrogen-bond donors (Lipinski definition) is 0. The molecule has 6 nitrogen and oxygen atoms in total. The molecule has 0 aliphatic carbocycles. The smallest absolute Gasteiger partial charge is 0.240 e. The summed E-state index contributed by atoms with van der Waals surface area (Å²) in [6.45, 7) is 6.18. The van der Waals surface area contributed by atoms with Crippen LogP contribution in [-0.2, 0) is 0 Å². The van der Waals surface area contributed by atoms with E-state index in [1.807, 2.05) is 12.4 Å². The first-order chi connectivity index (χ1) is 9.22. The Balaban J connectivity index is 1.78. The summed E-state index contributed by atoms with van der Waals surface area (Å²) in [5, 5.41) is 3.82. The van der Waals surface area contributed by atoms with Crippen LogP contribution in [0.25, 0.3) is 11.6 Å². The lowest BCUT2D eigenvalue weighted by molar-refractivity contribution is 0.394. The molecule has 0 spiro atoms. The Labute approximate surface area is 111 Å². The zero-order chi connectivity index (χ0) is 13.2. The summed E-state index contributed by atoms with van der Waals surface area (Å²) >= 11 is 0. The number of aryl methyl sites for hydroxylation is 1. The predicted molar refractivity (Wildman–Crippen MR) is 70.7 cm³/mol. The van der Waals surface area contributed by atoms with E-state index in [-0.39, 0.29) is 0 Å². The van der Waals surface area contributed by atoms with Crippen LogP contribution in [0.5, 0.6) is 0 Å². The van der Waals surface area contributed by atoms with Gasteiger partial charge in [0.05, 0.1) is 18.1 Å². The standard InChI is InChI=1S/C13H17N5O/c1-9-4-3-5-18(8-9)11-6-14-12(15-7-11)13-16-10(2)19-17-13/h6-7,9H,3-5,8H2,1-2H3/t9-/m0/s1. The predicted octanol–water partition coefficient (Wildman–Crippen LogP) is 2.07. The topological polar surface area (TPSA) is 67.9 Å². The maximum Gasteiger partial charge on any atom is 0.240 e. The van der Waals surface area contributed by atoms with Gasteiger partial charge in [0.15, 0.2) is 0 Å². The van der Waals surface area contributed by atoms with E-state index < -0.39 is 0 Å². The van der Waals surface area contributed by atoms with Crippen LogP contribution in [0.3, 0.4) is 0 Å². The molecule has 3 heterocycles. The monoisotopic (exact) mass is 259 g/mol. The number of nitrogens with zero attached hydrogens (tertiary/aromatic N) is 5. The van der Waals surface area contributed by atoms with Crippen molar-refractivity contribution in [1.29, 1.82) is 0 Å². The van der Waals surface area contributed by atoms with Gasteiger partial charge in [0.2, 0.25) is 17.5 Å². The van der Waals surface area contributed by atoms with Crippen LogP contribution in [-0.4, -0.2) is 33.2 Å². The fourth-order valence-corrected chi connectivity index (χ4v) is 2.41. The average Bonchev–Trinajstić information content (AvgIpc) is 2.86. The highest BCUT2D eigenvalue weighted by Crippen LogP contribution is 2.22. The lowest BCUT2D eigenvalue weighted by Crippen LogP contribution is -2.34. The minimum absolute atomic E-state index is 0.441. The molecule has 0 radical (unpaired) electrons. The number of hydrogen-bond acceptors (Lipinski definition) is 6. The second-order valence-electron chi connectivity index (χ2n) is 5.10. The van der Waals surface area contributed by atoms with Crippen molar-refractivity contribution in [3.8, 4) is 11.6 Å². The van der Waals surface area contributed by atoms with Crippen molar-refractivity contribution in [2.24, 2.45) is 5.92 Å². The highest BCUT2D eigenvalue weighted by atomic mass is 16.5. The van der Waals surface area contributed by atoms with Crippen molar-refractivity contribution in [3.63, 3.8) is 0 Å². The first-order valence-corrected chi connectivity index (χ1v) is 6.60. The van der Waals surface area contributed by atoms with Gasteiger partial charge in [-0.05, 0) is 18.8 Å². The summed E-state index contributed by atoms with van der Waals surface area (Å²) in [6, 6.07) is 0. The van der Waals surface area contributed by atoms with Crippen LogP contribution in [0.4, 0.5) is 5.69 Å². The van der Waals surface area contributed by atoms with Gasteiger partial charge in [-0.15, -0.1) is 0 Å². The molecule has 0 amide bonds. The van der Waals surface area contributed by atoms with E-state index in [1.54, 1.807) is 6.92 Å². The average molecular weight is 259 g/mol. The van der Waals surface area contributed by atoms with Gasteiger partial charge in [-0.2, -0.15) is 4.98 Å². The third-order valence-corrected chi connectivity index (χ3v) is 3.39. The van der Waals surface area contributed by atoms with Gasteiger partial charge in [-0.25, -0.2) is 9.97 Å². The van der Waals surface area contributed by atoms with Gasteiger partial charge in [0, 0.05) is 20.0 Å². The largest absolute Gasteiger partial charge is 0.369 e. The van der Waals surface area contributed by atoms with Gasteiger partial charge in [-0.1, -0.05) is 12.1 Å². The van der Waals surface area contributed by atoms with E-state index in [4.69, 9.17) is 4.52 Å². The van der Waals surface area contributed by atoms with Crippen molar-refractivity contribution in [2.75, 3.05) is 18.0 Å². The number of aromatic nitrogens is 4. The molecule has 1 atom stereocenters. The molecule has 0 bridgehead atoms. The fourth-order valence-electron chi connectivity index (χ4n) is 2.41. The molecule has 1 fully saturated rings. The van der Waals surface area contributed by atoms with E-state index in [9.17, 15) is 0 Å². The minimum Gasteiger partial charge on any atom is -0.369 e. The van der Waals surface area contributed by atoms with E-state index in [2.05, 4.69) is 31.9 Å². The molecule has 19 heavy (non-hydrogen) atoms. The quantitative estimate of drug-likeness (QED) is 0.822. The van der Waals surface area contributed by atoms with Gasteiger partial charge >= 0.3 is 0 Å². The molecule has 0 aromatic carbocycles. The van der Waals surface area contributed by atoms with Crippen LogP contribution in [0.2, 0.25) is 0 Å². The third kappa shape index (κ3) is 2.57. The summed E-state index contributed by atoms with van der Waals surface area (Å²) in [4.78, 5) is 15.1. The lowest BCUT2D eigenvalue weighted by atomic mass is 10.0. The Kier molecular flexibility index (Phi) is 3.15. The summed E-state index contributed by atoms with van der Waals surface area (Å²) in [5.41, 5.74) is 1.07. The molecule has 2 aromatic rings. The van der Waals surface area contributed by atoms with Crippen LogP contribution < -0.4 is 4.90 Å². The van der Waals surface area contributed by atoms with Crippen molar-refractivity contribution >= 4 is 5.69 Å². The molecule has 1 aliphatic rings. The number of rotatable bonds is 2.